The first-order chi connectivity index (χ1) is 12.6. The lowest BCUT2D eigenvalue weighted by molar-refractivity contribution is 0.0724. The number of hydrogen-bond donors (Lipinski definition) is 0. The molecule has 26 heavy (non-hydrogen) atoms. The molecule has 0 saturated carbocycles. The van der Waals surface area contributed by atoms with Gasteiger partial charge in [-0.05, 0) is 22.8 Å². The van der Waals surface area contributed by atoms with Crippen LogP contribution >= 0.6 is 0 Å². The van der Waals surface area contributed by atoms with Crippen molar-refractivity contribution in [3.63, 3.8) is 0 Å². The summed E-state index contributed by atoms with van der Waals surface area (Å²) >= 11 is 0. The highest BCUT2D eigenvalue weighted by atomic mass is 16.2. The van der Waals surface area contributed by atoms with Gasteiger partial charge in [0.25, 0.3) is 11.5 Å². The second-order valence-corrected chi connectivity index (χ2v) is 6.71. The third-order valence-electron chi connectivity index (χ3n) is 5.04. The number of carbonyl (C=O) groups excluding carboxylic acids is 1. The van der Waals surface area contributed by atoms with Crippen LogP contribution in [0.2, 0.25) is 0 Å². The van der Waals surface area contributed by atoms with Crippen LogP contribution in [-0.2, 0) is 13.6 Å². The van der Waals surface area contributed by atoms with Crippen LogP contribution in [-0.4, -0.2) is 21.9 Å². The average Bonchev–Trinajstić information content (AvgIpc) is 2.69. The Kier molecular flexibility index (Phi) is 4.17. The minimum Gasteiger partial charge on any atom is -0.333 e. The maximum atomic E-state index is 13.0. The van der Waals surface area contributed by atoms with Crippen molar-refractivity contribution < 1.29 is 4.79 Å². The van der Waals surface area contributed by atoms with E-state index in [4.69, 9.17) is 0 Å². The molecule has 0 saturated heterocycles. The first kappa shape index (κ1) is 16.3. The molecule has 130 valence electrons. The van der Waals surface area contributed by atoms with Crippen molar-refractivity contribution in [3.8, 4) is 0 Å². The van der Waals surface area contributed by atoms with E-state index in [1.54, 1.807) is 19.3 Å². The van der Waals surface area contributed by atoms with Gasteiger partial charge in [-0.2, -0.15) is 0 Å². The molecule has 0 bridgehead atoms. The molecular weight excluding hydrogens is 324 g/mol. The van der Waals surface area contributed by atoms with Gasteiger partial charge in [0.15, 0.2) is 0 Å². The van der Waals surface area contributed by atoms with Crippen molar-refractivity contribution in [2.45, 2.75) is 12.5 Å². The lowest BCUT2D eigenvalue weighted by atomic mass is 9.84. The maximum absolute atomic E-state index is 13.0. The number of pyridine rings is 1. The van der Waals surface area contributed by atoms with Crippen molar-refractivity contribution in [3.05, 3.63) is 106 Å². The van der Waals surface area contributed by atoms with E-state index in [9.17, 15) is 9.59 Å². The van der Waals surface area contributed by atoms with E-state index in [0.717, 1.165) is 5.56 Å². The topological polar surface area (TPSA) is 42.3 Å². The van der Waals surface area contributed by atoms with Crippen LogP contribution in [0.25, 0.3) is 0 Å². The Hall–Kier alpha value is -3.14. The molecule has 3 aromatic rings. The molecule has 1 amide bonds. The zero-order valence-electron chi connectivity index (χ0n) is 14.6. The molecule has 2 heterocycles. The second-order valence-electron chi connectivity index (χ2n) is 6.71. The number of nitrogens with zero attached hydrogens (tertiary/aromatic N) is 2. The summed E-state index contributed by atoms with van der Waals surface area (Å²) in [4.78, 5) is 26.8. The highest BCUT2D eigenvalue weighted by Crippen LogP contribution is 2.33. The Morgan fingerprint density at radius 2 is 1.73 bits per heavy atom. The summed E-state index contributed by atoms with van der Waals surface area (Å²) in [6.07, 6.45) is 1.64. The standard InChI is InChI=1S/C22H20N2O2/c1-23-12-11-17(13-21(23)25)22(26)24-14-18-9-5-6-10-19(18)20(15-24)16-7-3-2-4-8-16/h2-13,20H,14-15H2,1H3/t20-/m0/s1. The van der Waals surface area contributed by atoms with E-state index < -0.39 is 0 Å². The third-order valence-corrected chi connectivity index (χ3v) is 5.04. The van der Waals surface area contributed by atoms with Crippen molar-refractivity contribution >= 4 is 5.91 Å². The summed E-state index contributed by atoms with van der Waals surface area (Å²) in [7, 11) is 1.68. The van der Waals surface area contributed by atoms with E-state index >= 15 is 0 Å². The number of aryl methyl sites for hydroxylation is 1. The quantitative estimate of drug-likeness (QED) is 0.717. The van der Waals surface area contributed by atoms with Crippen LogP contribution in [0.3, 0.4) is 0 Å². The summed E-state index contributed by atoms with van der Waals surface area (Å²) in [6, 6.07) is 21.7. The van der Waals surface area contributed by atoms with Gasteiger partial charge in [-0.3, -0.25) is 9.59 Å². The molecule has 0 fully saturated rings. The van der Waals surface area contributed by atoms with Gasteiger partial charge >= 0.3 is 0 Å². The minimum absolute atomic E-state index is 0.0989. The number of benzene rings is 2. The van der Waals surface area contributed by atoms with E-state index in [1.807, 2.05) is 35.2 Å². The maximum Gasteiger partial charge on any atom is 0.254 e. The summed E-state index contributed by atoms with van der Waals surface area (Å²) in [5.41, 5.74) is 3.89. The largest absolute Gasteiger partial charge is 0.333 e. The fraction of sp³-hybridized carbons (Fsp3) is 0.182. The number of carbonyl (C=O) groups is 1. The molecule has 0 radical (unpaired) electrons. The van der Waals surface area contributed by atoms with Gasteiger partial charge in [-0.1, -0.05) is 54.6 Å². The molecule has 0 unspecified atom stereocenters. The molecule has 1 atom stereocenters. The van der Waals surface area contributed by atoms with Crippen molar-refractivity contribution in [2.24, 2.45) is 7.05 Å². The lowest BCUT2D eigenvalue weighted by Gasteiger charge is -2.35. The van der Waals surface area contributed by atoms with Crippen molar-refractivity contribution in [2.75, 3.05) is 6.54 Å². The van der Waals surface area contributed by atoms with Gasteiger partial charge < -0.3 is 9.47 Å². The van der Waals surface area contributed by atoms with Gasteiger partial charge in [0.2, 0.25) is 0 Å². The molecule has 1 aliphatic heterocycles. The number of hydrogen-bond acceptors (Lipinski definition) is 2. The van der Waals surface area contributed by atoms with Gasteiger partial charge in [0.1, 0.15) is 0 Å². The van der Waals surface area contributed by atoms with E-state index in [0.29, 0.717) is 18.7 Å². The monoisotopic (exact) mass is 344 g/mol. The van der Waals surface area contributed by atoms with Crippen LogP contribution < -0.4 is 5.56 Å². The Labute approximate surface area is 152 Å². The highest BCUT2D eigenvalue weighted by molar-refractivity contribution is 5.94. The molecule has 4 nitrogen and oxygen atoms in total. The summed E-state index contributed by atoms with van der Waals surface area (Å²) in [5.74, 6) is 0.0368. The fourth-order valence-electron chi connectivity index (χ4n) is 3.60. The summed E-state index contributed by atoms with van der Waals surface area (Å²) < 4.78 is 1.47. The van der Waals surface area contributed by atoms with E-state index in [2.05, 4.69) is 24.3 Å². The zero-order valence-corrected chi connectivity index (χ0v) is 14.6. The van der Waals surface area contributed by atoms with Crippen LogP contribution in [0, 0.1) is 0 Å². The van der Waals surface area contributed by atoms with Gasteiger partial charge in [-0.15, -0.1) is 0 Å². The zero-order chi connectivity index (χ0) is 18.1. The number of aromatic nitrogens is 1. The summed E-state index contributed by atoms with van der Waals surface area (Å²) in [6.45, 7) is 1.17. The average molecular weight is 344 g/mol. The first-order valence-electron chi connectivity index (χ1n) is 8.72. The fourth-order valence-corrected chi connectivity index (χ4v) is 3.60. The van der Waals surface area contributed by atoms with Gasteiger partial charge in [0, 0.05) is 43.9 Å². The predicted molar refractivity (Wildman–Crippen MR) is 101 cm³/mol. The molecule has 4 heteroatoms. The first-order valence-corrected chi connectivity index (χ1v) is 8.72. The number of rotatable bonds is 2. The predicted octanol–water partition coefficient (Wildman–Crippen LogP) is 3.17. The second kappa shape index (κ2) is 6.64. The Morgan fingerprint density at radius 1 is 1.00 bits per heavy atom. The van der Waals surface area contributed by atoms with Crippen LogP contribution in [0.5, 0.6) is 0 Å². The number of fused-ring (bicyclic) bond motifs is 1. The van der Waals surface area contributed by atoms with E-state index in [1.165, 1.54) is 21.8 Å². The third kappa shape index (κ3) is 2.94. The Bertz CT molecular complexity index is 1010. The Balaban J connectivity index is 1.72. The summed E-state index contributed by atoms with van der Waals surface area (Å²) in [5, 5.41) is 0. The molecule has 0 N–H and O–H groups in total. The number of amides is 1. The molecule has 1 aromatic heterocycles. The van der Waals surface area contributed by atoms with Crippen LogP contribution in [0.1, 0.15) is 33.0 Å². The molecule has 0 aliphatic carbocycles. The van der Waals surface area contributed by atoms with Crippen LogP contribution in [0.4, 0.5) is 0 Å². The Morgan fingerprint density at radius 3 is 2.50 bits per heavy atom. The van der Waals surface area contributed by atoms with Gasteiger partial charge in [0.05, 0.1) is 0 Å². The molecular formula is C22H20N2O2. The van der Waals surface area contributed by atoms with Crippen LogP contribution in [0.15, 0.2) is 77.7 Å². The SMILES string of the molecule is Cn1ccc(C(=O)N2Cc3ccccc3[C@H](c3ccccc3)C2)cc1=O. The molecule has 1 aliphatic rings. The van der Waals surface area contributed by atoms with Gasteiger partial charge in [-0.25, -0.2) is 0 Å². The van der Waals surface area contributed by atoms with Crippen molar-refractivity contribution in [1.29, 1.82) is 0 Å². The smallest absolute Gasteiger partial charge is 0.254 e. The molecule has 2 aromatic carbocycles. The normalized spacial score (nSPS) is 16.2. The highest BCUT2D eigenvalue weighted by Gasteiger charge is 2.29. The van der Waals surface area contributed by atoms with Crippen molar-refractivity contribution in [1.82, 2.24) is 9.47 Å². The van der Waals surface area contributed by atoms with E-state index in [-0.39, 0.29) is 17.4 Å². The lowest BCUT2D eigenvalue weighted by Crippen LogP contribution is -2.39. The molecule has 4 rings (SSSR count). The minimum atomic E-state index is -0.173. The molecule has 0 spiro atoms.